The molecule has 0 aliphatic heterocycles. The van der Waals surface area contributed by atoms with E-state index in [9.17, 15) is 0 Å². The molecule has 1 unspecified atom stereocenters. The van der Waals surface area contributed by atoms with Gasteiger partial charge in [-0.3, -0.25) is 0 Å². The molecule has 0 radical (unpaired) electrons. The summed E-state index contributed by atoms with van der Waals surface area (Å²) in [5, 5.41) is 0. The van der Waals surface area contributed by atoms with Crippen molar-refractivity contribution in [3.05, 3.63) is 0 Å². The van der Waals surface area contributed by atoms with Gasteiger partial charge in [0.2, 0.25) is 0 Å². The molecule has 0 bridgehead atoms. The molecule has 0 saturated carbocycles. The Labute approximate surface area is 61.3 Å². The van der Waals surface area contributed by atoms with Crippen LogP contribution in [0.1, 0.15) is 33.1 Å². The largest absolute Gasteiger partial charge is 0.0720 e. The third kappa shape index (κ3) is 6.10. The van der Waals surface area contributed by atoms with E-state index in [0.717, 1.165) is 0 Å². The summed E-state index contributed by atoms with van der Waals surface area (Å²) < 4.78 is 0. The van der Waals surface area contributed by atoms with E-state index < -0.39 is 0 Å². The highest BCUT2D eigenvalue weighted by Crippen LogP contribution is 2.06. The summed E-state index contributed by atoms with van der Waals surface area (Å²) in [6.45, 7) is 7.08. The Bertz CT molecular complexity index is 52.5. The zero-order valence-electron chi connectivity index (χ0n) is 7.11. The van der Waals surface area contributed by atoms with Crippen molar-refractivity contribution >= 4 is 8.80 Å². The zero-order chi connectivity index (χ0) is 7.11. The van der Waals surface area contributed by atoms with Gasteiger partial charge in [-0.05, 0) is 0 Å². The SMILES string of the molecule is CCCC[SiH](C)CCC. The summed E-state index contributed by atoms with van der Waals surface area (Å²) in [7, 11) is -0.220. The van der Waals surface area contributed by atoms with Crippen LogP contribution in [0.2, 0.25) is 18.6 Å². The molecule has 0 heterocycles. The van der Waals surface area contributed by atoms with Gasteiger partial charge < -0.3 is 0 Å². The molecule has 0 aliphatic rings. The quantitative estimate of drug-likeness (QED) is 0.520. The van der Waals surface area contributed by atoms with Crippen molar-refractivity contribution in [2.45, 2.75) is 51.7 Å². The minimum Gasteiger partial charge on any atom is -0.0720 e. The summed E-state index contributed by atoms with van der Waals surface area (Å²) in [5.41, 5.74) is 0. The third-order valence-corrected chi connectivity index (χ3v) is 4.79. The first-order valence-electron chi connectivity index (χ1n) is 4.31. The molecule has 56 valence electrons. The summed E-state index contributed by atoms with van der Waals surface area (Å²) in [4.78, 5) is 0. The fraction of sp³-hybridized carbons (Fsp3) is 1.00. The fourth-order valence-corrected chi connectivity index (χ4v) is 3.57. The molecule has 0 amide bonds. The van der Waals surface area contributed by atoms with Gasteiger partial charge in [-0.2, -0.15) is 0 Å². The highest BCUT2D eigenvalue weighted by atomic mass is 28.3. The van der Waals surface area contributed by atoms with Gasteiger partial charge in [-0.15, -0.1) is 0 Å². The summed E-state index contributed by atoms with van der Waals surface area (Å²) in [5.74, 6) is 0. The molecule has 0 aromatic carbocycles. The predicted molar refractivity (Wildman–Crippen MR) is 47.8 cm³/mol. The third-order valence-electron chi connectivity index (χ3n) is 1.83. The number of rotatable bonds is 5. The minimum absolute atomic E-state index is 0.220. The van der Waals surface area contributed by atoms with Crippen LogP contribution in [0.15, 0.2) is 0 Å². The van der Waals surface area contributed by atoms with E-state index in [1.807, 2.05) is 0 Å². The van der Waals surface area contributed by atoms with E-state index in [1.54, 1.807) is 12.1 Å². The van der Waals surface area contributed by atoms with E-state index in [1.165, 1.54) is 19.3 Å². The molecule has 0 nitrogen and oxygen atoms in total. The fourth-order valence-electron chi connectivity index (χ4n) is 1.19. The van der Waals surface area contributed by atoms with Crippen molar-refractivity contribution < 1.29 is 0 Å². The Kier molecular flexibility index (Phi) is 6.49. The average Bonchev–Trinajstić information content (AvgIpc) is 1.85. The Morgan fingerprint density at radius 3 is 2.11 bits per heavy atom. The lowest BCUT2D eigenvalue weighted by Crippen LogP contribution is -2.04. The van der Waals surface area contributed by atoms with Gasteiger partial charge in [0.1, 0.15) is 0 Å². The second-order valence-corrected chi connectivity index (χ2v) is 6.40. The first kappa shape index (κ1) is 9.22. The summed E-state index contributed by atoms with van der Waals surface area (Å²) >= 11 is 0. The second kappa shape index (κ2) is 6.34. The lowest BCUT2D eigenvalue weighted by Gasteiger charge is -2.05. The van der Waals surface area contributed by atoms with Gasteiger partial charge in [0.05, 0.1) is 0 Å². The van der Waals surface area contributed by atoms with Gasteiger partial charge in [-0.25, -0.2) is 0 Å². The van der Waals surface area contributed by atoms with E-state index in [4.69, 9.17) is 0 Å². The lowest BCUT2D eigenvalue weighted by atomic mass is 10.4. The molecule has 0 rings (SSSR count). The van der Waals surface area contributed by atoms with Crippen LogP contribution >= 0.6 is 0 Å². The van der Waals surface area contributed by atoms with Crippen LogP contribution in [0.4, 0.5) is 0 Å². The van der Waals surface area contributed by atoms with Crippen LogP contribution in [0.5, 0.6) is 0 Å². The van der Waals surface area contributed by atoms with Crippen LogP contribution in [-0.2, 0) is 0 Å². The molecule has 0 fully saturated rings. The zero-order valence-corrected chi connectivity index (χ0v) is 8.27. The smallest absolute Gasteiger partial charge is 0.0336 e. The molecule has 1 atom stereocenters. The summed E-state index contributed by atoms with van der Waals surface area (Å²) in [6.07, 6.45) is 4.28. The number of unbranched alkanes of at least 4 members (excludes halogenated alkanes) is 1. The van der Waals surface area contributed by atoms with Crippen molar-refractivity contribution in [3.8, 4) is 0 Å². The van der Waals surface area contributed by atoms with Crippen LogP contribution in [0.3, 0.4) is 0 Å². The molecular weight excluding hydrogens is 124 g/mol. The summed E-state index contributed by atoms with van der Waals surface area (Å²) in [6, 6.07) is 3.13. The maximum absolute atomic E-state index is 2.50. The van der Waals surface area contributed by atoms with Crippen LogP contribution in [0, 0.1) is 0 Å². The van der Waals surface area contributed by atoms with Crippen molar-refractivity contribution in [2.75, 3.05) is 0 Å². The predicted octanol–water partition coefficient (Wildman–Crippen LogP) is 3.05. The van der Waals surface area contributed by atoms with Crippen LogP contribution in [-0.4, -0.2) is 8.80 Å². The van der Waals surface area contributed by atoms with Crippen LogP contribution in [0.25, 0.3) is 0 Å². The minimum atomic E-state index is -0.220. The number of hydrogen-bond donors (Lipinski definition) is 0. The molecule has 0 aliphatic carbocycles. The van der Waals surface area contributed by atoms with Crippen molar-refractivity contribution in [3.63, 3.8) is 0 Å². The van der Waals surface area contributed by atoms with Crippen molar-refractivity contribution in [2.24, 2.45) is 0 Å². The topological polar surface area (TPSA) is 0 Å². The standard InChI is InChI=1S/C8H20Si/c1-4-6-8-9(3)7-5-2/h9H,4-8H2,1-3H3. The maximum Gasteiger partial charge on any atom is 0.0336 e. The highest BCUT2D eigenvalue weighted by Gasteiger charge is 1.99. The van der Waals surface area contributed by atoms with Gasteiger partial charge in [0.15, 0.2) is 0 Å². The van der Waals surface area contributed by atoms with E-state index in [-0.39, 0.29) is 8.80 Å². The van der Waals surface area contributed by atoms with Crippen molar-refractivity contribution in [1.82, 2.24) is 0 Å². The molecule has 9 heavy (non-hydrogen) atoms. The Balaban J connectivity index is 2.95. The first-order chi connectivity index (χ1) is 4.31. The van der Waals surface area contributed by atoms with E-state index in [0.29, 0.717) is 0 Å². The van der Waals surface area contributed by atoms with Gasteiger partial charge in [-0.1, -0.05) is 51.7 Å². The number of hydrogen-bond acceptors (Lipinski definition) is 0. The monoisotopic (exact) mass is 144 g/mol. The van der Waals surface area contributed by atoms with Gasteiger partial charge in [0, 0.05) is 8.80 Å². The molecule has 0 aromatic heterocycles. The Morgan fingerprint density at radius 2 is 1.67 bits per heavy atom. The molecular formula is C8H20Si. The van der Waals surface area contributed by atoms with E-state index in [2.05, 4.69) is 20.4 Å². The second-order valence-electron chi connectivity index (χ2n) is 3.04. The first-order valence-corrected chi connectivity index (χ1v) is 7.10. The van der Waals surface area contributed by atoms with Crippen LogP contribution < -0.4 is 0 Å². The highest BCUT2D eigenvalue weighted by molar-refractivity contribution is 6.57. The lowest BCUT2D eigenvalue weighted by molar-refractivity contribution is 0.867. The molecule has 0 saturated heterocycles. The average molecular weight is 144 g/mol. The maximum atomic E-state index is 2.50. The molecule has 0 aromatic rings. The molecule has 0 spiro atoms. The molecule has 0 N–H and O–H groups in total. The van der Waals surface area contributed by atoms with Gasteiger partial charge >= 0.3 is 0 Å². The Morgan fingerprint density at radius 1 is 1.00 bits per heavy atom. The molecule has 1 heteroatoms. The normalized spacial score (nSPS) is 13.7. The van der Waals surface area contributed by atoms with Crippen molar-refractivity contribution in [1.29, 1.82) is 0 Å². The Hall–Kier alpha value is 0.217. The van der Waals surface area contributed by atoms with E-state index >= 15 is 0 Å². The van der Waals surface area contributed by atoms with Gasteiger partial charge in [0.25, 0.3) is 0 Å².